The Hall–Kier alpha value is -13.7. The van der Waals surface area contributed by atoms with E-state index >= 15 is 0 Å². The molecular formula is C102H102Br4F4N26O10. The van der Waals surface area contributed by atoms with Gasteiger partial charge in [0.25, 0.3) is 23.6 Å². The summed E-state index contributed by atoms with van der Waals surface area (Å²) in [5.74, 6) is 0.858. The number of carbonyl (C=O) groups excluding carboxylic acids is 4. The number of carbonyl (C=O) groups is 4. The number of aliphatic hydroxyl groups excluding tert-OH is 4. The van der Waals surface area contributed by atoms with Gasteiger partial charge in [-0.25, -0.2) is 28.7 Å². The highest BCUT2D eigenvalue weighted by Gasteiger charge is 2.37. The summed E-state index contributed by atoms with van der Waals surface area (Å²) >= 11 is 14.4. The Morgan fingerprint density at radius 3 is 1.05 bits per heavy atom. The predicted molar refractivity (Wildman–Crippen MR) is 555 cm³/mol. The van der Waals surface area contributed by atoms with Crippen molar-refractivity contribution in [3.63, 3.8) is 0 Å². The summed E-state index contributed by atoms with van der Waals surface area (Å²) in [5, 5.41) is 56.2. The van der Waals surface area contributed by atoms with E-state index in [1.54, 1.807) is 112 Å². The molecule has 1 unspecified atom stereocenters. The number of nitrogen functional groups attached to an aromatic ring is 4. The van der Waals surface area contributed by atoms with Crippen LogP contribution in [-0.2, 0) is 25.6 Å². The summed E-state index contributed by atoms with van der Waals surface area (Å²) in [7, 11) is 0. The third-order valence-corrected chi connectivity index (χ3v) is 30.1. The van der Waals surface area contributed by atoms with Gasteiger partial charge in [0.1, 0.15) is 77.0 Å². The van der Waals surface area contributed by atoms with E-state index in [-0.39, 0.29) is 64.8 Å². The van der Waals surface area contributed by atoms with Gasteiger partial charge in [-0.2, -0.15) is 47.2 Å². The lowest BCUT2D eigenvalue weighted by molar-refractivity contribution is -0.159. The standard InChI is InChI=1S/C27H27BrF2N6O3.C27H27BrN6O3.C25H23BrF2N6O2.C23H25BrN8O2/c1-15(37)26(38)35-11-9-17(10-12-35)23-22(28)24(31)36-25(34-23)20(14-33-36)18-5-8-21(32-13-18)16-3-6-19(7-4-16)39-27(2,29)30;1-15(35)27(36)33-9-6-16(7-10-33)24-23(28)25(29)34-26(32-24)20(14-31-34)19-2-4-21(30-13-19)17-3-5-22-18(12-17)8-11-37-22;1-13(35)25(36)33-8-6-14(7-9-33)22-21(26)23(29)34-24(32-22)18(12-31-34)15-2-5-20(30-11-15)17-4-3-16(27)10-19(17)28;1-12(33)23(34)31-8-5-13(6-9-31)19-18(24)21(26)32-22(30-19)16(11-29-32)14-2-3-17(28-10-14)15-4-7-27-20(15)25/h3-8,13-15,17,37H,9-12,31H2,1-2H3;2-5,12-16,35H,6-11,29H2,1H3;2-5,10-14,35H,6-9,29H2,1H3;2-4,7,10-13,20,33H,5-6,8-9,25-26H2,1H3/t2*15-;13-;12-,20?/m1111/s1. The zero-order valence-electron chi connectivity index (χ0n) is 79.6. The van der Waals surface area contributed by atoms with Gasteiger partial charge in [0.2, 0.25) is 0 Å². The van der Waals surface area contributed by atoms with E-state index in [1.807, 2.05) is 60.8 Å². The minimum absolute atomic E-state index is 0.0643. The van der Waals surface area contributed by atoms with Gasteiger partial charge in [-0.15, -0.1) is 0 Å². The van der Waals surface area contributed by atoms with Gasteiger partial charge in [-0.05, 0) is 233 Å². The highest BCUT2D eigenvalue weighted by molar-refractivity contribution is 9.11. The first-order valence-corrected chi connectivity index (χ1v) is 50.6. The Labute approximate surface area is 867 Å². The Bertz CT molecular complexity index is 7510. The molecule has 4 saturated heterocycles. The molecule has 12 aromatic heterocycles. The molecule has 0 radical (unpaired) electrons. The van der Waals surface area contributed by atoms with Gasteiger partial charge >= 0.3 is 6.11 Å². The van der Waals surface area contributed by atoms with Crippen LogP contribution < -0.4 is 38.1 Å². The summed E-state index contributed by atoms with van der Waals surface area (Å²) < 4.78 is 73.0. The summed E-state index contributed by atoms with van der Waals surface area (Å²) in [4.78, 5) is 97.5. The van der Waals surface area contributed by atoms with Crippen molar-refractivity contribution in [1.29, 1.82) is 0 Å². The first-order valence-electron chi connectivity index (χ1n) is 47.4. The predicted octanol–water partition coefficient (Wildman–Crippen LogP) is 14.8. The van der Waals surface area contributed by atoms with Gasteiger partial charge < -0.3 is 78.2 Å². The van der Waals surface area contributed by atoms with Crippen molar-refractivity contribution in [1.82, 2.24) is 97.9 Å². The molecule has 5 atom stereocenters. The summed E-state index contributed by atoms with van der Waals surface area (Å²) in [6.45, 7) is 11.7. The van der Waals surface area contributed by atoms with E-state index in [0.29, 0.717) is 167 Å². The van der Waals surface area contributed by atoms with Crippen LogP contribution in [0.3, 0.4) is 0 Å². The number of ether oxygens (including phenoxy) is 2. The molecule has 0 spiro atoms. The number of pyridine rings is 4. The van der Waals surface area contributed by atoms with E-state index in [0.717, 1.165) is 139 Å². The lowest BCUT2D eigenvalue weighted by Gasteiger charge is -2.33. The molecule has 4 fully saturated rings. The number of piperidine rings is 4. The van der Waals surface area contributed by atoms with Gasteiger partial charge in [0, 0.05) is 193 Å². The molecule has 36 nitrogen and oxygen atoms in total. The molecule has 6 aliphatic heterocycles. The third kappa shape index (κ3) is 21.4. The van der Waals surface area contributed by atoms with Crippen LogP contribution in [0.5, 0.6) is 11.5 Å². The number of alkyl halides is 2. The molecule has 3 aromatic carbocycles. The van der Waals surface area contributed by atoms with Crippen molar-refractivity contribution in [3.8, 4) is 89.8 Å². The van der Waals surface area contributed by atoms with Crippen molar-refractivity contribution in [3.05, 3.63) is 228 Å². The number of likely N-dealkylation sites (tertiary alicyclic amines) is 4. The molecule has 146 heavy (non-hydrogen) atoms. The molecule has 0 bridgehead atoms. The number of aromatic nitrogens is 16. The molecule has 4 amide bonds. The number of aliphatic imine (C=N–C) groups is 1. The number of rotatable bonds is 18. The number of amides is 4. The zero-order chi connectivity index (χ0) is 103. The van der Waals surface area contributed by atoms with E-state index < -0.39 is 42.2 Å². The van der Waals surface area contributed by atoms with Gasteiger partial charge in [-0.1, -0.05) is 24.3 Å². The van der Waals surface area contributed by atoms with E-state index in [2.05, 4.69) is 115 Å². The number of hydrogen-bond donors (Lipinski definition) is 9. The van der Waals surface area contributed by atoms with E-state index in [4.69, 9.17) is 58.3 Å². The second-order valence-electron chi connectivity index (χ2n) is 36.6. The fourth-order valence-corrected chi connectivity index (χ4v) is 21.3. The number of halogens is 8. The number of nitrogens with zero attached hydrogens (tertiary/aromatic N) is 21. The van der Waals surface area contributed by atoms with Crippen molar-refractivity contribution < 1.29 is 66.6 Å². The number of hydrogen-bond acceptors (Lipinski definition) is 28. The van der Waals surface area contributed by atoms with E-state index in [9.17, 15) is 57.2 Å². The average Bonchev–Trinajstić information content (AvgIpc) is 1.49. The molecule has 0 aliphatic carbocycles. The largest absolute Gasteiger partial charge is 0.493 e. The van der Waals surface area contributed by atoms with Crippen molar-refractivity contribution in [2.24, 2.45) is 10.7 Å². The Kier molecular flexibility index (Phi) is 30.2. The topological polar surface area (TPSA) is 495 Å². The van der Waals surface area contributed by atoms with Crippen molar-refractivity contribution in [2.45, 2.75) is 153 Å². The minimum atomic E-state index is -3.25. The number of aliphatic hydroxyl groups is 4. The smallest absolute Gasteiger partial charge is 0.394 e. The quantitative estimate of drug-likeness (QED) is 0.0360. The van der Waals surface area contributed by atoms with Gasteiger partial charge in [-0.3, -0.25) is 44.1 Å². The Morgan fingerprint density at radius 1 is 0.418 bits per heavy atom. The lowest BCUT2D eigenvalue weighted by atomic mass is 9.93. The van der Waals surface area contributed by atoms with Crippen LogP contribution in [0, 0.1) is 11.6 Å². The fourth-order valence-electron chi connectivity index (χ4n) is 19.0. The third-order valence-electron chi connectivity index (χ3n) is 26.8. The lowest BCUT2D eigenvalue weighted by Crippen LogP contribution is -2.42. The average molecular weight is 2250 g/mol. The second-order valence-corrected chi connectivity index (χ2v) is 39.8. The monoisotopic (exact) mass is 2240 g/mol. The first kappa shape index (κ1) is 102. The highest BCUT2D eigenvalue weighted by Crippen LogP contribution is 2.45. The molecule has 756 valence electrons. The fraction of sp³-hybridized carbons (Fsp3) is 0.324. The van der Waals surface area contributed by atoms with Crippen molar-refractivity contribution in [2.75, 3.05) is 81.9 Å². The maximum atomic E-state index is 14.2. The molecule has 6 aliphatic rings. The molecule has 15 aromatic rings. The normalized spacial score (nSPS) is 16.7. The number of anilines is 4. The summed E-state index contributed by atoms with van der Waals surface area (Å²) in [5.41, 5.74) is 50.7. The Morgan fingerprint density at radius 2 is 0.740 bits per heavy atom. The van der Waals surface area contributed by atoms with Gasteiger partial charge in [0.15, 0.2) is 22.6 Å². The molecule has 21 rings (SSSR count). The highest BCUT2D eigenvalue weighted by atomic mass is 79.9. The summed E-state index contributed by atoms with van der Waals surface area (Å²) in [6.07, 6.45) is 16.3. The first-order chi connectivity index (χ1) is 70.0. The van der Waals surface area contributed by atoms with E-state index in [1.165, 1.54) is 57.5 Å². The second kappa shape index (κ2) is 43.1. The summed E-state index contributed by atoms with van der Waals surface area (Å²) in [6, 6.07) is 30.9. The SMILES string of the molecule is C[C@@H](O)C(=O)N1CCC(c2nc3c(-c4ccc(-c5ccc(F)cc5F)nc4)cnn3c(N)c2Br)CC1.C[C@@H](O)C(=O)N1CCC(c2nc3c(-c4ccc(-c5ccc(OC(C)(F)F)cc5)nc4)cnn3c(N)c2Br)CC1.C[C@@H](O)C(=O)N1CCC(c2nc3c(-c4ccc(-c5ccc6c(c5)CCO6)nc4)cnn3c(N)c2Br)CC1.C[C@@H](O)C(=O)N1CCC(c2nc3c(-c4ccc(C5=CC=NC5N)nc4)cnn3c(N)c2Br)CC1. The zero-order valence-corrected chi connectivity index (χ0v) is 86.0. The molecule has 0 saturated carbocycles. The Balaban J connectivity index is 0.000000128. The number of fused-ring (bicyclic) bond motifs is 5. The van der Waals surface area contributed by atoms with Crippen LogP contribution in [0.1, 0.15) is 144 Å². The van der Waals surface area contributed by atoms with Crippen LogP contribution in [-0.4, -0.2) is 244 Å². The number of nitrogens with two attached hydrogens (primary N) is 5. The van der Waals surface area contributed by atoms with Gasteiger partial charge in [0.05, 0.1) is 94.8 Å². The van der Waals surface area contributed by atoms with Crippen LogP contribution in [0.2, 0.25) is 0 Å². The number of allylic oxidation sites excluding steroid dienone is 1. The molecule has 14 N–H and O–H groups in total. The molecular weight excluding hydrogens is 2140 g/mol. The van der Waals surface area contributed by atoms with Crippen molar-refractivity contribution >= 4 is 145 Å². The van der Waals surface area contributed by atoms with Crippen LogP contribution >= 0.6 is 63.7 Å². The maximum absolute atomic E-state index is 14.2. The van der Waals surface area contributed by atoms with Crippen LogP contribution in [0.15, 0.2) is 188 Å². The maximum Gasteiger partial charge on any atom is 0.394 e. The van der Waals surface area contributed by atoms with Crippen LogP contribution in [0.4, 0.5) is 40.8 Å². The molecule has 44 heteroatoms. The molecule has 18 heterocycles. The van der Waals surface area contributed by atoms with Crippen LogP contribution in [0.25, 0.3) is 106 Å². The number of benzene rings is 3. The minimum Gasteiger partial charge on any atom is -0.493 e.